The first-order valence-electron chi connectivity index (χ1n) is 8.35. The molecule has 25 heavy (non-hydrogen) atoms. The molecule has 0 bridgehead atoms. The molecule has 1 heterocycles. The average molecular weight is 372 g/mol. The predicted octanol–water partition coefficient (Wildman–Crippen LogP) is 1.09. The van der Waals surface area contributed by atoms with Gasteiger partial charge in [0, 0.05) is 38.3 Å². The third-order valence-corrected chi connectivity index (χ3v) is 6.60. The molecule has 1 fully saturated rings. The van der Waals surface area contributed by atoms with Crippen molar-refractivity contribution in [1.82, 2.24) is 9.21 Å². The Hall–Kier alpha value is -1.35. The van der Waals surface area contributed by atoms with Crippen molar-refractivity contribution in [2.45, 2.75) is 37.8 Å². The molecule has 8 heteroatoms. The second kappa shape index (κ2) is 7.90. The number of aryl methyl sites for hydroxylation is 1. The SMILES string of the molecule is COc1cc(C)c(S(=O)(=O)N2CCN(C[C@H](C)O)C[C@@H]2C)cc1OC. The Morgan fingerprint density at radius 2 is 1.84 bits per heavy atom. The number of β-amino-alcohol motifs (C(OH)–C–C–N with tert-alkyl or cyclic N) is 1. The molecule has 1 saturated heterocycles. The lowest BCUT2D eigenvalue weighted by molar-refractivity contribution is 0.0840. The Morgan fingerprint density at radius 1 is 1.24 bits per heavy atom. The average Bonchev–Trinajstić information content (AvgIpc) is 2.53. The van der Waals surface area contributed by atoms with Gasteiger partial charge in [0.25, 0.3) is 0 Å². The van der Waals surface area contributed by atoms with Crippen molar-refractivity contribution >= 4 is 10.0 Å². The summed E-state index contributed by atoms with van der Waals surface area (Å²) >= 11 is 0. The summed E-state index contributed by atoms with van der Waals surface area (Å²) in [4.78, 5) is 2.32. The van der Waals surface area contributed by atoms with Gasteiger partial charge in [-0.05, 0) is 32.4 Å². The van der Waals surface area contributed by atoms with Gasteiger partial charge in [0.15, 0.2) is 11.5 Å². The van der Waals surface area contributed by atoms with Gasteiger partial charge in [0.1, 0.15) is 0 Å². The molecule has 0 saturated carbocycles. The van der Waals surface area contributed by atoms with E-state index >= 15 is 0 Å². The van der Waals surface area contributed by atoms with Gasteiger partial charge in [-0.2, -0.15) is 4.31 Å². The molecular formula is C17H28N2O5S. The first-order valence-corrected chi connectivity index (χ1v) is 9.79. The Bertz CT molecular complexity index is 705. The Morgan fingerprint density at radius 3 is 2.36 bits per heavy atom. The standard InChI is InChI=1S/C17H28N2O5S/c1-12-8-15(23-4)16(24-5)9-17(12)25(21,22)19-7-6-18(10-13(19)2)11-14(3)20/h8-9,13-14,20H,6-7,10-11H2,1-5H3/t13-,14-/m0/s1. The number of ether oxygens (including phenoxy) is 2. The summed E-state index contributed by atoms with van der Waals surface area (Å²) < 4.78 is 38.4. The van der Waals surface area contributed by atoms with Gasteiger partial charge in [-0.15, -0.1) is 0 Å². The zero-order valence-electron chi connectivity index (χ0n) is 15.5. The van der Waals surface area contributed by atoms with E-state index in [9.17, 15) is 13.5 Å². The minimum Gasteiger partial charge on any atom is -0.493 e. The van der Waals surface area contributed by atoms with Gasteiger partial charge in [-0.1, -0.05) is 0 Å². The van der Waals surface area contributed by atoms with Crippen molar-refractivity contribution in [2.75, 3.05) is 40.4 Å². The third kappa shape index (κ3) is 4.25. The second-order valence-corrected chi connectivity index (χ2v) is 8.41. The number of aliphatic hydroxyl groups is 1. The van der Waals surface area contributed by atoms with Crippen LogP contribution < -0.4 is 9.47 Å². The summed E-state index contributed by atoms with van der Waals surface area (Å²) in [5, 5.41) is 9.54. The molecule has 1 aromatic carbocycles. The monoisotopic (exact) mass is 372 g/mol. The van der Waals surface area contributed by atoms with Crippen molar-refractivity contribution in [3.05, 3.63) is 17.7 Å². The number of methoxy groups -OCH3 is 2. The molecule has 2 atom stereocenters. The molecule has 0 aromatic heterocycles. The molecule has 1 N–H and O–H groups in total. The lowest BCUT2D eigenvalue weighted by atomic mass is 10.2. The Balaban J connectivity index is 2.30. The van der Waals surface area contributed by atoms with Crippen LogP contribution in [-0.2, 0) is 10.0 Å². The number of hydrogen-bond donors (Lipinski definition) is 1. The highest BCUT2D eigenvalue weighted by molar-refractivity contribution is 7.89. The molecule has 0 radical (unpaired) electrons. The summed E-state index contributed by atoms with van der Waals surface area (Å²) in [5.41, 5.74) is 0.622. The number of sulfonamides is 1. The van der Waals surface area contributed by atoms with E-state index in [-0.39, 0.29) is 10.9 Å². The maximum atomic E-state index is 13.2. The highest BCUT2D eigenvalue weighted by Crippen LogP contribution is 2.34. The summed E-state index contributed by atoms with van der Waals surface area (Å²) in [6, 6.07) is 3.03. The van der Waals surface area contributed by atoms with Crippen LogP contribution in [0.2, 0.25) is 0 Å². The van der Waals surface area contributed by atoms with Crippen LogP contribution in [0, 0.1) is 6.92 Å². The number of nitrogens with zero attached hydrogens (tertiary/aromatic N) is 2. The molecule has 1 aromatic rings. The number of aliphatic hydroxyl groups excluding tert-OH is 1. The summed E-state index contributed by atoms with van der Waals surface area (Å²) in [6.07, 6.45) is -0.427. The minimum absolute atomic E-state index is 0.176. The molecule has 0 amide bonds. The maximum absolute atomic E-state index is 13.2. The molecule has 142 valence electrons. The summed E-state index contributed by atoms with van der Waals surface area (Å²) in [6.45, 7) is 7.51. The van der Waals surface area contributed by atoms with Crippen LogP contribution in [0.4, 0.5) is 0 Å². The fourth-order valence-corrected chi connectivity index (χ4v) is 5.12. The van der Waals surface area contributed by atoms with Gasteiger partial charge in [-0.3, -0.25) is 4.90 Å². The normalized spacial score (nSPS) is 21.1. The van der Waals surface area contributed by atoms with Gasteiger partial charge >= 0.3 is 0 Å². The third-order valence-electron chi connectivity index (χ3n) is 4.44. The molecule has 7 nitrogen and oxygen atoms in total. The van der Waals surface area contributed by atoms with Crippen LogP contribution in [0.3, 0.4) is 0 Å². The van der Waals surface area contributed by atoms with E-state index in [1.165, 1.54) is 24.6 Å². The zero-order chi connectivity index (χ0) is 18.8. The van der Waals surface area contributed by atoms with E-state index in [2.05, 4.69) is 4.90 Å². The summed E-state index contributed by atoms with van der Waals surface area (Å²) in [7, 11) is -0.633. The molecule has 1 aliphatic heterocycles. The largest absolute Gasteiger partial charge is 0.493 e. The molecule has 0 unspecified atom stereocenters. The fraction of sp³-hybridized carbons (Fsp3) is 0.647. The van der Waals surface area contributed by atoms with Gasteiger partial charge in [0.05, 0.1) is 25.2 Å². The van der Waals surface area contributed by atoms with E-state index in [1.807, 2.05) is 6.92 Å². The predicted molar refractivity (Wildman–Crippen MR) is 95.8 cm³/mol. The topological polar surface area (TPSA) is 79.3 Å². The first kappa shape index (κ1) is 20.0. The van der Waals surface area contributed by atoms with Crippen molar-refractivity contribution in [3.63, 3.8) is 0 Å². The zero-order valence-corrected chi connectivity index (χ0v) is 16.3. The van der Waals surface area contributed by atoms with Crippen LogP contribution in [0.15, 0.2) is 17.0 Å². The fourth-order valence-electron chi connectivity index (χ4n) is 3.28. The van der Waals surface area contributed by atoms with Gasteiger partial charge < -0.3 is 14.6 Å². The van der Waals surface area contributed by atoms with E-state index < -0.39 is 16.1 Å². The van der Waals surface area contributed by atoms with Crippen molar-refractivity contribution in [3.8, 4) is 11.5 Å². The minimum atomic E-state index is -3.64. The van der Waals surface area contributed by atoms with E-state index in [0.717, 1.165) is 0 Å². The van der Waals surface area contributed by atoms with Gasteiger partial charge in [-0.25, -0.2) is 8.42 Å². The Kier molecular flexibility index (Phi) is 6.31. The molecule has 2 rings (SSSR count). The second-order valence-electron chi connectivity index (χ2n) is 6.55. The van der Waals surface area contributed by atoms with Crippen LogP contribution in [0.25, 0.3) is 0 Å². The number of hydrogen-bond acceptors (Lipinski definition) is 6. The molecule has 1 aliphatic rings. The maximum Gasteiger partial charge on any atom is 0.243 e. The van der Waals surface area contributed by atoms with Crippen molar-refractivity contribution in [2.24, 2.45) is 0 Å². The van der Waals surface area contributed by atoms with E-state index in [0.29, 0.717) is 43.2 Å². The van der Waals surface area contributed by atoms with Crippen molar-refractivity contribution < 1.29 is 23.0 Å². The molecule has 0 aliphatic carbocycles. The van der Waals surface area contributed by atoms with Crippen LogP contribution in [0.5, 0.6) is 11.5 Å². The lowest BCUT2D eigenvalue weighted by Gasteiger charge is -2.39. The molecular weight excluding hydrogens is 344 g/mol. The van der Waals surface area contributed by atoms with Crippen molar-refractivity contribution in [1.29, 1.82) is 0 Å². The highest BCUT2D eigenvalue weighted by atomic mass is 32.2. The number of rotatable bonds is 6. The molecule has 0 spiro atoms. The quantitative estimate of drug-likeness (QED) is 0.805. The van der Waals surface area contributed by atoms with E-state index in [4.69, 9.17) is 9.47 Å². The Labute approximate surface area is 150 Å². The smallest absolute Gasteiger partial charge is 0.243 e. The van der Waals surface area contributed by atoms with Crippen LogP contribution in [0.1, 0.15) is 19.4 Å². The van der Waals surface area contributed by atoms with E-state index in [1.54, 1.807) is 19.9 Å². The van der Waals surface area contributed by atoms with Gasteiger partial charge in [0.2, 0.25) is 10.0 Å². The highest BCUT2D eigenvalue weighted by Gasteiger charge is 2.35. The first-order chi connectivity index (χ1) is 11.7. The lowest BCUT2D eigenvalue weighted by Crippen LogP contribution is -2.54. The number of piperazine rings is 1. The number of benzene rings is 1. The van der Waals surface area contributed by atoms with Crippen LogP contribution in [-0.4, -0.2) is 75.3 Å². The summed E-state index contributed by atoms with van der Waals surface area (Å²) in [5.74, 6) is 0.904. The van der Waals surface area contributed by atoms with Crippen LogP contribution >= 0.6 is 0 Å².